The molecular weight excluding hydrogens is 287 g/mol. The number of carboxylic acids is 1. The van der Waals surface area contributed by atoms with E-state index in [0.717, 1.165) is 0 Å². The van der Waals surface area contributed by atoms with E-state index in [4.69, 9.17) is 5.11 Å². The Hall–Kier alpha value is -1.27. The van der Waals surface area contributed by atoms with Crippen molar-refractivity contribution in [1.82, 2.24) is 5.32 Å². The van der Waals surface area contributed by atoms with Gasteiger partial charge in [-0.15, -0.1) is 0 Å². The minimum absolute atomic E-state index is 0.0427. The molecule has 0 heterocycles. The molecule has 4 unspecified atom stereocenters. The molecule has 0 spiro atoms. The van der Waals surface area contributed by atoms with Crippen LogP contribution < -0.4 is 5.32 Å². The van der Waals surface area contributed by atoms with Crippen LogP contribution in [0.1, 0.15) is 46.0 Å². The molecule has 1 aliphatic carbocycles. The summed E-state index contributed by atoms with van der Waals surface area (Å²) in [4.78, 5) is 23.2. The van der Waals surface area contributed by atoms with Crippen LogP contribution in [0.5, 0.6) is 0 Å². The first-order valence-electron chi connectivity index (χ1n) is 7.26. The minimum Gasteiger partial charge on any atom is -0.480 e. The van der Waals surface area contributed by atoms with Crippen molar-refractivity contribution in [3.8, 4) is 0 Å². The van der Waals surface area contributed by atoms with Gasteiger partial charge in [-0.2, -0.15) is 13.2 Å². The first-order chi connectivity index (χ1) is 9.66. The van der Waals surface area contributed by atoms with Crippen molar-refractivity contribution in [2.45, 2.75) is 58.2 Å². The first kappa shape index (κ1) is 17.8. The van der Waals surface area contributed by atoms with Gasteiger partial charge < -0.3 is 10.4 Å². The first-order valence-corrected chi connectivity index (χ1v) is 7.26. The van der Waals surface area contributed by atoms with E-state index in [1.165, 1.54) is 0 Å². The standard InChI is InChI=1S/C14H22F3NO3/c1-3-8(2)11(13(20)21)18-12(19)9-5-4-6-10(7-9)14(15,16)17/h8-11H,3-7H2,1-2H3,(H,18,19)(H,20,21). The summed E-state index contributed by atoms with van der Waals surface area (Å²) in [5.74, 6) is -4.21. The molecule has 21 heavy (non-hydrogen) atoms. The lowest BCUT2D eigenvalue weighted by molar-refractivity contribution is -0.186. The number of carbonyl (C=O) groups is 2. The van der Waals surface area contributed by atoms with Crippen LogP contribution in [0.4, 0.5) is 13.2 Å². The summed E-state index contributed by atoms with van der Waals surface area (Å²) in [6, 6.07) is -1.05. The quantitative estimate of drug-likeness (QED) is 0.820. The smallest absolute Gasteiger partial charge is 0.391 e. The van der Waals surface area contributed by atoms with Gasteiger partial charge in [-0.3, -0.25) is 4.79 Å². The number of carboxylic acid groups (broad SMARTS) is 1. The molecule has 1 aliphatic rings. The van der Waals surface area contributed by atoms with E-state index in [2.05, 4.69) is 5.32 Å². The van der Waals surface area contributed by atoms with Gasteiger partial charge in [0.1, 0.15) is 6.04 Å². The molecule has 122 valence electrons. The summed E-state index contributed by atoms with van der Waals surface area (Å²) in [6.07, 6.45) is -3.22. The summed E-state index contributed by atoms with van der Waals surface area (Å²) in [5.41, 5.74) is 0. The molecule has 4 atom stereocenters. The van der Waals surface area contributed by atoms with E-state index in [0.29, 0.717) is 19.3 Å². The average Bonchev–Trinajstić information content (AvgIpc) is 2.42. The van der Waals surface area contributed by atoms with Gasteiger partial charge in [-0.25, -0.2) is 4.79 Å². The minimum atomic E-state index is -4.29. The van der Waals surface area contributed by atoms with Crippen LogP contribution >= 0.6 is 0 Å². The Morgan fingerprint density at radius 2 is 1.95 bits per heavy atom. The van der Waals surface area contributed by atoms with E-state index in [1.807, 2.05) is 0 Å². The van der Waals surface area contributed by atoms with Gasteiger partial charge in [0.05, 0.1) is 5.92 Å². The zero-order valence-electron chi connectivity index (χ0n) is 12.2. The lowest BCUT2D eigenvalue weighted by atomic mass is 9.80. The van der Waals surface area contributed by atoms with Crippen molar-refractivity contribution in [2.75, 3.05) is 0 Å². The van der Waals surface area contributed by atoms with Crippen LogP contribution in [0.3, 0.4) is 0 Å². The second kappa shape index (κ2) is 7.13. The Balaban J connectivity index is 2.67. The zero-order valence-corrected chi connectivity index (χ0v) is 12.2. The predicted molar refractivity (Wildman–Crippen MR) is 70.5 cm³/mol. The maximum absolute atomic E-state index is 12.7. The van der Waals surface area contributed by atoms with Crippen molar-refractivity contribution < 1.29 is 27.9 Å². The number of carbonyl (C=O) groups excluding carboxylic acids is 1. The predicted octanol–water partition coefficient (Wildman–Crippen LogP) is 2.97. The van der Waals surface area contributed by atoms with E-state index in [9.17, 15) is 22.8 Å². The number of aliphatic carboxylic acids is 1. The normalized spacial score (nSPS) is 26.0. The van der Waals surface area contributed by atoms with Crippen LogP contribution in [0.2, 0.25) is 0 Å². The van der Waals surface area contributed by atoms with Gasteiger partial charge in [-0.1, -0.05) is 26.7 Å². The molecule has 0 radical (unpaired) electrons. The Morgan fingerprint density at radius 3 is 2.43 bits per heavy atom. The van der Waals surface area contributed by atoms with Gasteiger partial charge in [0.2, 0.25) is 5.91 Å². The van der Waals surface area contributed by atoms with Crippen molar-refractivity contribution in [3.63, 3.8) is 0 Å². The van der Waals surface area contributed by atoms with E-state index >= 15 is 0 Å². The topological polar surface area (TPSA) is 66.4 Å². The summed E-state index contributed by atoms with van der Waals surface area (Å²) in [6.45, 7) is 3.49. The Labute approximate surface area is 122 Å². The third kappa shape index (κ3) is 4.89. The molecule has 0 aliphatic heterocycles. The second-order valence-corrected chi connectivity index (χ2v) is 5.81. The molecule has 0 bridgehead atoms. The SMILES string of the molecule is CCC(C)C(NC(=O)C1CCCC(C(F)(F)F)C1)C(=O)O. The molecular formula is C14H22F3NO3. The maximum atomic E-state index is 12.7. The highest BCUT2D eigenvalue weighted by atomic mass is 19.4. The van der Waals surface area contributed by atoms with E-state index < -0.39 is 35.9 Å². The number of amides is 1. The number of alkyl halides is 3. The number of halogens is 3. The lowest BCUT2D eigenvalue weighted by Gasteiger charge is -2.31. The van der Waals surface area contributed by atoms with Crippen molar-refractivity contribution in [1.29, 1.82) is 0 Å². The number of nitrogens with one attached hydrogen (secondary N) is 1. The Bertz CT molecular complexity index is 384. The molecule has 1 amide bonds. The van der Waals surface area contributed by atoms with Gasteiger partial charge in [0.25, 0.3) is 0 Å². The van der Waals surface area contributed by atoms with Crippen LogP contribution in [0, 0.1) is 17.8 Å². The van der Waals surface area contributed by atoms with Gasteiger partial charge in [0.15, 0.2) is 0 Å². The molecule has 0 aromatic carbocycles. The molecule has 1 saturated carbocycles. The maximum Gasteiger partial charge on any atom is 0.391 e. The summed E-state index contributed by atoms with van der Waals surface area (Å²) >= 11 is 0. The molecule has 2 N–H and O–H groups in total. The van der Waals surface area contributed by atoms with Crippen molar-refractivity contribution in [2.24, 2.45) is 17.8 Å². The fraction of sp³-hybridized carbons (Fsp3) is 0.857. The van der Waals surface area contributed by atoms with Crippen molar-refractivity contribution >= 4 is 11.9 Å². The molecule has 0 aromatic heterocycles. The van der Waals surface area contributed by atoms with Gasteiger partial charge in [0, 0.05) is 5.92 Å². The highest BCUT2D eigenvalue weighted by Gasteiger charge is 2.44. The molecule has 0 aromatic rings. The van der Waals surface area contributed by atoms with E-state index in [1.54, 1.807) is 13.8 Å². The second-order valence-electron chi connectivity index (χ2n) is 5.81. The largest absolute Gasteiger partial charge is 0.480 e. The Morgan fingerprint density at radius 1 is 1.33 bits per heavy atom. The highest BCUT2D eigenvalue weighted by molar-refractivity contribution is 5.85. The molecule has 4 nitrogen and oxygen atoms in total. The zero-order chi connectivity index (χ0) is 16.2. The average molecular weight is 309 g/mol. The Kier molecular flexibility index (Phi) is 6.04. The summed E-state index contributed by atoms with van der Waals surface area (Å²) in [5, 5.41) is 11.5. The van der Waals surface area contributed by atoms with Crippen LogP contribution in [0.25, 0.3) is 0 Å². The number of hydrogen-bond donors (Lipinski definition) is 2. The molecule has 0 saturated heterocycles. The fourth-order valence-electron chi connectivity index (χ4n) is 2.68. The van der Waals surface area contributed by atoms with Crippen LogP contribution in [0.15, 0.2) is 0 Å². The third-order valence-corrected chi connectivity index (χ3v) is 4.28. The highest BCUT2D eigenvalue weighted by Crippen LogP contribution is 2.40. The van der Waals surface area contributed by atoms with Crippen LogP contribution in [-0.4, -0.2) is 29.2 Å². The molecule has 1 fully saturated rings. The molecule has 7 heteroatoms. The fourth-order valence-corrected chi connectivity index (χ4v) is 2.68. The van der Waals surface area contributed by atoms with E-state index in [-0.39, 0.29) is 18.8 Å². The monoisotopic (exact) mass is 309 g/mol. The summed E-state index contributed by atoms with van der Waals surface area (Å²) < 4.78 is 38.2. The van der Waals surface area contributed by atoms with Crippen LogP contribution in [-0.2, 0) is 9.59 Å². The van der Waals surface area contributed by atoms with Gasteiger partial charge >= 0.3 is 12.1 Å². The number of rotatable bonds is 5. The lowest BCUT2D eigenvalue weighted by Crippen LogP contribution is -2.48. The van der Waals surface area contributed by atoms with Crippen molar-refractivity contribution in [3.05, 3.63) is 0 Å². The van der Waals surface area contributed by atoms with Gasteiger partial charge in [-0.05, 0) is 25.2 Å². The summed E-state index contributed by atoms with van der Waals surface area (Å²) in [7, 11) is 0. The number of hydrogen-bond acceptors (Lipinski definition) is 2. The third-order valence-electron chi connectivity index (χ3n) is 4.28. The molecule has 1 rings (SSSR count).